The minimum atomic E-state index is -0.974. The van der Waals surface area contributed by atoms with Gasteiger partial charge in [0.05, 0.1) is 28.5 Å². The number of carbonyl (C=O) groups excluding carboxylic acids is 1. The van der Waals surface area contributed by atoms with Crippen molar-refractivity contribution in [2.24, 2.45) is 0 Å². The van der Waals surface area contributed by atoms with Crippen LogP contribution in [0.25, 0.3) is 22.0 Å². The Morgan fingerprint density at radius 1 is 1.29 bits per heavy atom. The molecule has 0 bridgehead atoms. The number of rotatable bonds is 1. The minimum absolute atomic E-state index is 0.124. The van der Waals surface area contributed by atoms with Crippen molar-refractivity contribution in [1.29, 1.82) is 0 Å². The van der Waals surface area contributed by atoms with E-state index in [1.165, 1.54) is 11.1 Å². The molecule has 3 aromatic rings. The average molecular weight is 483 g/mol. The average Bonchev–Trinajstić information content (AvgIpc) is 3.20. The van der Waals surface area contributed by atoms with E-state index in [1.807, 2.05) is 19.1 Å². The van der Waals surface area contributed by atoms with Crippen LogP contribution in [0.2, 0.25) is 5.02 Å². The van der Waals surface area contributed by atoms with Crippen LogP contribution in [0, 0.1) is 12.7 Å². The van der Waals surface area contributed by atoms with E-state index in [0.717, 1.165) is 11.1 Å². The Bertz CT molecular complexity index is 1410. The van der Waals surface area contributed by atoms with Gasteiger partial charge in [0.1, 0.15) is 12.1 Å². The molecular weight excluding hydrogens is 463 g/mol. The van der Waals surface area contributed by atoms with Crippen molar-refractivity contribution in [3.05, 3.63) is 51.9 Å². The van der Waals surface area contributed by atoms with Crippen LogP contribution in [0.3, 0.4) is 0 Å². The summed E-state index contributed by atoms with van der Waals surface area (Å²) in [7, 11) is 0. The molecule has 10 heteroatoms. The summed E-state index contributed by atoms with van der Waals surface area (Å²) < 4.78 is 22.0. The number of aromatic nitrogens is 1. The number of hydrogen-bond donors (Lipinski definition) is 2. The van der Waals surface area contributed by atoms with Crippen LogP contribution in [0.4, 0.5) is 14.9 Å². The molecule has 1 atom stereocenters. The van der Waals surface area contributed by atoms with Crippen LogP contribution >= 0.6 is 11.6 Å². The third-order valence-electron chi connectivity index (χ3n) is 6.88. The largest absolute Gasteiger partial charge is 0.488 e. The molecule has 0 saturated carbocycles. The number of carboxylic acid groups (broad SMARTS) is 1. The molecule has 8 nitrogen and oxygen atoms in total. The summed E-state index contributed by atoms with van der Waals surface area (Å²) in [6, 6.07) is 5.19. The van der Waals surface area contributed by atoms with Crippen LogP contribution in [0.5, 0.6) is 5.75 Å². The lowest BCUT2D eigenvalue weighted by molar-refractivity contribution is 0.0966. The van der Waals surface area contributed by atoms with Crippen LogP contribution in [-0.4, -0.2) is 59.3 Å². The summed E-state index contributed by atoms with van der Waals surface area (Å²) in [5.41, 5.74) is 3.38. The predicted molar refractivity (Wildman–Crippen MR) is 124 cm³/mol. The van der Waals surface area contributed by atoms with Gasteiger partial charge in [-0.15, -0.1) is 0 Å². The second-order valence-corrected chi connectivity index (χ2v) is 9.18. The Labute approximate surface area is 198 Å². The van der Waals surface area contributed by atoms with Crippen molar-refractivity contribution in [1.82, 2.24) is 15.2 Å². The quantitative estimate of drug-likeness (QED) is 0.547. The number of piperazine rings is 1. The summed E-state index contributed by atoms with van der Waals surface area (Å²) in [6.07, 6.45) is 0.520. The fourth-order valence-corrected chi connectivity index (χ4v) is 5.54. The van der Waals surface area contributed by atoms with Crippen molar-refractivity contribution in [3.8, 4) is 16.9 Å². The van der Waals surface area contributed by atoms with Gasteiger partial charge >= 0.3 is 6.09 Å². The van der Waals surface area contributed by atoms with Crippen molar-refractivity contribution in [3.63, 3.8) is 0 Å². The summed E-state index contributed by atoms with van der Waals surface area (Å²) in [5.74, 6) is -0.352. The zero-order chi connectivity index (χ0) is 23.7. The SMILES string of the molecule is Cc1ccc2c(c1-c1c(Cl)cc3c4c(cnc3c1F)OC[C@H]1CN(C(=O)O)CCN41)C(=O)NC2. The third kappa shape index (κ3) is 2.93. The molecule has 0 aliphatic carbocycles. The van der Waals surface area contributed by atoms with Gasteiger partial charge < -0.3 is 25.0 Å². The lowest BCUT2D eigenvalue weighted by Crippen LogP contribution is -2.58. The van der Waals surface area contributed by atoms with Gasteiger partial charge in [-0.2, -0.15) is 0 Å². The van der Waals surface area contributed by atoms with E-state index in [2.05, 4.69) is 15.2 Å². The van der Waals surface area contributed by atoms with E-state index in [-0.39, 0.29) is 34.6 Å². The molecule has 3 aliphatic heterocycles. The van der Waals surface area contributed by atoms with Crippen LogP contribution in [-0.2, 0) is 6.54 Å². The van der Waals surface area contributed by atoms with E-state index in [1.54, 1.807) is 6.07 Å². The number of nitrogens with zero attached hydrogens (tertiary/aromatic N) is 3. The molecule has 174 valence electrons. The Hall–Kier alpha value is -3.59. The Morgan fingerprint density at radius 3 is 2.91 bits per heavy atom. The number of pyridine rings is 1. The lowest BCUT2D eigenvalue weighted by Gasteiger charge is -2.45. The summed E-state index contributed by atoms with van der Waals surface area (Å²) in [4.78, 5) is 31.8. The predicted octanol–water partition coefficient (Wildman–Crippen LogP) is 3.81. The number of ether oxygens (including phenoxy) is 1. The molecule has 3 aliphatic rings. The molecule has 2 aromatic carbocycles. The van der Waals surface area contributed by atoms with Gasteiger partial charge in [-0.3, -0.25) is 4.79 Å². The number of amides is 2. The van der Waals surface area contributed by atoms with E-state index < -0.39 is 11.9 Å². The smallest absolute Gasteiger partial charge is 0.407 e. The number of nitrogens with one attached hydrogen (secondary N) is 1. The number of halogens is 2. The number of benzene rings is 2. The first-order valence-electron chi connectivity index (χ1n) is 10.9. The number of carbonyl (C=O) groups is 2. The highest BCUT2D eigenvalue weighted by Gasteiger charge is 2.37. The minimum Gasteiger partial charge on any atom is -0.488 e. The highest BCUT2D eigenvalue weighted by molar-refractivity contribution is 6.35. The molecule has 1 aromatic heterocycles. The van der Waals surface area contributed by atoms with Crippen molar-refractivity contribution in [2.45, 2.75) is 19.5 Å². The third-order valence-corrected chi connectivity index (χ3v) is 7.18. The fourth-order valence-electron chi connectivity index (χ4n) is 5.26. The monoisotopic (exact) mass is 482 g/mol. The van der Waals surface area contributed by atoms with Gasteiger partial charge in [0, 0.05) is 42.7 Å². The molecule has 34 heavy (non-hydrogen) atoms. The fraction of sp³-hybridized carbons (Fsp3) is 0.292. The van der Waals surface area contributed by atoms with Gasteiger partial charge in [-0.1, -0.05) is 23.7 Å². The maximum Gasteiger partial charge on any atom is 0.407 e. The molecule has 4 heterocycles. The van der Waals surface area contributed by atoms with Gasteiger partial charge in [-0.25, -0.2) is 14.2 Å². The van der Waals surface area contributed by atoms with Gasteiger partial charge in [0.2, 0.25) is 0 Å². The molecule has 6 rings (SSSR count). The number of aryl methyl sites for hydroxylation is 1. The van der Waals surface area contributed by atoms with Crippen molar-refractivity contribution >= 4 is 40.2 Å². The van der Waals surface area contributed by atoms with Crippen molar-refractivity contribution < 1.29 is 23.8 Å². The molecule has 0 radical (unpaired) electrons. The first-order valence-corrected chi connectivity index (χ1v) is 11.3. The van der Waals surface area contributed by atoms with Crippen LogP contribution in [0.15, 0.2) is 24.4 Å². The van der Waals surface area contributed by atoms with E-state index in [9.17, 15) is 14.7 Å². The van der Waals surface area contributed by atoms with Gasteiger partial charge in [-0.05, 0) is 24.1 Å². The van der Waals surface area contributed by atoms with E-state index in [4.69, 9.17) is 16.3 Å². The first kappa shape index (κ1) is 21.0. The molecule has 0 spiro atoms. The standard InChI is InChI=1S/C24H20ClFN4O4/c1-11-2-3-12-7-28-23(31)18(12)17(11)19-15(25)6-14-21(20(19)26)27-8-16-22(14)30-5-4-29(24(32)33)9-13(30)10-34-16/h2-3,6,8,13H,4-5,7,9-10H2,1H3,(H,28,31)(H,32,33)/t13-/m1/s1. The van der Waals surface area contributed by atoms with E-state index in [0.29, 0.717) is 54.2 Å². The number of fused-ring (bicyclic) bond motifs is 6. The Morgan fingerprint density at radius 2 is 2.12 bits per heavy atom. The van der Waals surface area contributed by atoms with Gasteiger partial charge in [0.15, 0.2) is 11.6 Å². The maximum absolute atomic E-state index is 16.1. The second-order valence-electron chi connectivity index (χ2n) is 8.78. The topological polar surface area (TPSA) is 95.0 Å². The summed E-state index contributed by atoms with van der Waals surface area (Å²) >= 11 is 6.70. The highest BCUT2D eigenvalue weighted by atomic mass is 35.5. The summed E-state index contributed by atoms with van der Waals surface area (Å²) in [5, 5.41) is 12.8. The highest BCUT2D eigenvalue weighted by Crippen LogP contribution is 2.46. The number of anilines is 1. The van der Waals surface area contributed by atoms with Gasteiger partial charge in [0.25, 0.3) is 5.91 Å². The lowest BCUT2D eigenvalue weighted by atomic mass is 9.91. The first-order chi connectivity index (χ1) is 16.3. The zero-order valence-electron chi connectivity index (χ0n) is 18.2. The summed E-state index contributed by atoms with van der Waals surface area (Å²) in [6.45, 7) is 3.58. The van der Waals surface area contributed by atoms with Crippen molar-refractivity contribution in [2.75, 3.05) is 31.1 Å². The normalized spacial score (nSPS) is 18.8. The molecule has 2 amide bonds. The Kier molecular flexibility index (Phi) is 4.60. The zero-order valence-corrected chi connectivity index (χ0v) is 18.9. The molecule has 0 unspecified atom stereocenters. The molecule has 2 N–H and O–H groups in total. The molecular formula is C24H20ClFN4O4. The number of hydrogen-bond acceptors (Lipinski definition) is 5. The van der Waals surface area contributed by atoms with E-state index >= 15 is 4.39 Å². The maximum atomic E-state index is 16.1. The van der Waals surface area contributed by atoms with Crippen LogP contribution < -0.4 is 15.0 Å². The molecule has 1 saturated heterocycles. The molecule has 1 fully saturated rings. The second kappa shape index (κ2) is 7.46. The Balaban J connectivity index is 1.54. The van der Waals surface area contributed by atoms with Crippen LogP contribution in [0.1, 0.15) is 21.5 Å².